The molecule has 6 nitrogen and oxygen atoms in total. The number of nitrogens with zero attached hydrogens (tertiary/aromatic N) is 6. The molecule has 0 aliphatic heterocycles. The second-order valence-corrected chi connectivity index (χ2v) is 9.09. The zero-order chi connectivity index (χ0) is 26.0. The third kappa shape index (κ3) is 4.34. The van der Waals surface area contributed by atoms with Gasteiger partial charge in [-0.25, -0.2) is 9.97 Å². The summed E-state index contributed by atoms with van der Waals surface area (Å²) in [5, 5.41) is 0. The van der Waals surface area contributed by atoms with Gasteiger partial charge in [0.1, 0.15) is 11.3 Å². The van der Waals surface area contributed by atoms with E-state index in [1.165, 1.54) is 0 Å². The van der Waals surface area contributed by atoms with E-state index in [1.54, 1.807) is 18.6 Å². The number of imidazole rings is 1. The Morgan fingerprint density at radius 2 is 1.00 bits per heavy atom. The van der Waals surface area contributed by atoms with Gasteiger partial charge in [-0.1, -0.05) is 48.5 Å². The first-order valence-corrected chi connectivity index (χ1v) is 12.7. The fourth-order valence-electron chi connectivity index (χ4n) is 4.76. The van der Waals surface area contributed by atoms with Gasteiger partial charge in [0.15, 0.2) is 0 Å². The van der Waals surface area contributed by atoms with Crippen molar-refractivity contribution in [2.75, 3.05) is 0 Å². The number of aromatic nitrogens is 6. The zero-order valence-electron chi connectivity index (χ0n) is 20.9. The first-order valence-electron chi connectivity index (χ1n) is 12.7. The van der Waals surface area contributed by atoms with Crippen LogP contribution in [0.4, 0.5) is 0 Å². The van der Waals surface area contributed by atoms with Gasteiger partial charge in [-0.05, 0) is 71.8 Å². The number of hydrogen-bond donors (Lipinski definition) is 0. The van der Waals surface area contributed by atoms with Crippen LogP contribution < -0.4 is 0 Å². The summed E-state index contributed by atoms with van der Waals surface area (Å²) in [5.74, 6) is 0. The fourth-order valence-corrected chi connectivity index (χ4v) is 4.76. The summed E-state index contributed by atoms with van der Waals surface area (Å²) in [6.45, 7) is 0. The van der Waals surface area contributed by atoms with E-state index in [0.29, 0.717) is 0 Å². The summed E-state index contributed by atoms with van der Waals surface area (Å²) in [7, 11) is 0. The first-order chi connectivity index (χ1) is 19.3. The van der Waals surface area contributed by atoms with Gasteiger partial charge in [0, 0.05) is 30.4 Å². The highest BCUT2D eigenvalue weighted by molar-refractivity contribution is 5.82. The van der Waals surface area contributed by atoms with Gasteiger partial charge >= 0.3 is 0 Å². The Morgan fingerprint density at radius 1 is 0.436 bits per heavy atom. The smallest absolute Gasteiger partial charge is 0.138 e. The highest BCUT2D eigenvalue weighted by atomic mass is 15.0. The van der Waals surface area contributed by atoms with Crippen LogP contribution in [-0.4, -0.2) is 29.3 Å². The Kier molecular flexibility index (Phi) is 5.68. The van der Waals surface area contributed by atoms with Crippen LogP contribution in [0.25, 0.3) is 62.2 Å². The summed E-state index contributed by atoms with van der Waals surface area (Å²) in [5.41, 5.74) is 10.0. The average molecular weight is 503 g/mol. The molecule has 0 aliphatic rings. The molecule has 0 amide bonds. The van der Waals surface area contributed by atoms with E-state index in [9.17, 15) is 0 Å². The first kappa shape index (κ1) is 22.7. The third-order valence-corrected chi connectivity index (χ3v) is 6.61. The van der Waals surface area contributed by atoms with Crippen LogP contribution in [0.1, 0.15) is 0 Å². The lowest BCUT2D eigenvalue weighted by molar-refractivity contribution is 1.19. The van der Waals surface area contributed by atoms with Crippen LogP contribution >= 0.6 is 0 Å². The van der Waals surface area contributed by atoms with E-state index >= 15 is 0 Å². The fraction of sp³-hybridized carbons (Fsp3) is 0. The Hall–Kier alpha value is -5.49. The number of hydrogen-bond acceptors (Lipinski definition) is 5. The molecule has 7 rings (SSSR count). The Bertz CT molecular complexity index is 1820. The van der Waals surface area contributed by atoms with Crippen LogP contribution in [-0.2, 0) is 0 Å². The molecular formula is C33H22N6. The van der Waals surface area contributed by atoms with E-state index in [0.717, 1.165) is 62.2 Å². The standard InChI is InChI=1S/C33H22N6/c1-5-17-34-26(9-1)29-21-25(22-30(37-29)27-10-2-6-18-35-27)23-13-15-24(16-14-23)33-32(28-11-3-7-19-36-28)38-31-12-4-8-20-39(31)33/h1-22H. The maximum Gasteiger partial charge on any atom is 0.138 e. The van der Waals surface area contributed by atoms with E-state index < -0.39 is 0 Å². The minimum Gasteiger partial charge on any atom is -0.299 e. The molecule has 6 heterocycles. The molecule has 0 radical (unpaired) electrons. The molecule has 7 aromatic rings. The van der Waals surface area contributed by atoms with Crippen molar-refractivity contribution >= 4 is 5.65 Å². The number of fused-ring (bicyclic) bond motifs is 1. The van der Waals surface area contributed by atoms with Crippen molar-refractivity contribution in [2.45, 2.75) is 0 Å². The van der Waals surface area contributed by atoms with Gasteiger partial charge in [0.2, 0.25) is 0 Å². The average Bonchev–Trinajstić information content (AvgIpc) is 3.42. The largest absolute Gasteiger partial charge is 0.299 e. The van der Waals surface area contributed by atoms with Crippen molar-refractivity contribution in [1.29, 1.82) is 0 Å². The molecule has 0 N–H and O–H groups in total. The van der Waals surface area contributed by atoms with E-state index in [2.05, 4.69) is 55.8 Å². The number of benzene rings is 1. The summed E-state index contributed by atoms with van der Waals surface area (Å²) in [4.78, 5) is 23.5. The molecule has 6 heteroatoms. The summed E-state index contributed by atoms with van der Waals surface area (Å²) >= 11 is 0. The van der Waals surface area contributed by atoms with Crippen molar-refractivity contribution in [2.24, 2.45) is 0 Å². The molecule has 0 atom stereocenters. The van der Waals surface area contributed by atoms with E-state index in [4.69, 9.17) is 9.97 Å². The SMILES string of the molecule is c1ccc(-c2cc(-c3ccc(-c4c(-c5ccccn5)nc5ccccn45)cc3)cc(-c3ccccn3)n2)nc1. The molecule has 0 spiro atoms. The maximum atomic E-state index is 4.91. The monoisotopic (exact) mass is 502 g/mol. The molecule has 0 fully saturated rings. The van der Waals surface area contributed by atoms with Crippen molar-refractivity contribution in [1.82, 2.24) is 29.3 Å². The van der Waals surface area contributed by atoms with E-state index in [-0.39, 0.29) is 0 Å². The van der Waals surface area contributed by atoms with Crippen LogP contribution in [0.2, 0.25) is 0 Å². The molecule has 1 aromatic carbocycles. The lowest BCUT2D eigenvalue weighted by Crippen LogP contribution is -1.94. The Labute approximate surface area is 225 Å². The molecule has 0 saturated heterocycles. The van der Waals surface area contributed by atoms with Crippen LogP contribution in [0.5, 0.6) is 0 Å². The predicted molar refractivity (Wildman–Crippen MR) is 154 cm³/mol. The second kappa shape index (κ2) is 9.76. The van der Waals surface area contributed by atoms with E-state index in [1.807, 2.05) is 79.0 Å². The third-order valence-electron chi connectivity index (χ3n) is 6.61. The van der Waals surface area contributed by atoms with Crippen LogP contribution in [0, 0.1) is 0 Å². The second-order valence-electron chi connectivity index (χ2n) is 9.09. The maximum absolute atomic E-state index is 4.91. The Morgan fingerprint density at radius 3 is 1.59 bits per heavy atom. The van der Waals surface area contributed by atoms with Gasteiger partial charge in [-0.15, -0.1) is 0 Å². The summed E-state index contributed by atoms with van der Waals surface area (Å²) < 4.78 is 2.11. The van der Waals surface area contributed by atoms with Gasteiger partial charge < -0.3 is 0 Å². The number of rotatable bonds is 5. The summed E-state index contributed by atoms with van der Waals surface area (Å²) in [6, 6.07) is 36.4. The van der Waals surface area contributed by atoms with Gasteiger partial charge in [-0.3, -0.25) is 19.4 Å². The molecule has 0 unspecified atom stereocenters. The van der Waals surface area contributed by atoms with Gasteiger partial charge in [-0.2, -0.15) is 0 Å². The predicted octanol–water partition coefficient (Wildman–Crippen LogP) is 7.25. The lowest BCUT2D eigenvalue weighted by Gasteiger charge is -2.11. The van der Waals surface area contributed by atoms with Crippen LogP contribution in [0.15, 0.2) is 134 Å². The topological polar surface area (TPSA) is 68.9 Å². The van der Waals surface area contributed by atoms with Crippen molar-refractivity contribution in [3.05, 3.63) is 134 Å². The lowest BCUT2D eigenvalue weighted by atomic mass is 9.99. The summed E-state index contributed by atoms with van der Waals surface area (Å²) in [6.07, 6.45) is 7.41. The normalized spacial score (nSPS) is 11.1. The van der Waals surface area contributed by atoms with Crippen molar-refractivity contribution < 1.29 is 0 Å². The molecule has 39 heavy (non-hydrogen) atoms. The minimum absolute atomic E-state index is 0.803. The molecule has 184 valence electrons. The van der Waals surface area contributed by atoms with Gasteiger partial charge in [0.05, 0.1) is 34.2 Å². The molecule has 0 aliphatic carbocycles. The minimum atomic E-state index is 0.803. The molecule has 0 bridgehead atoms. The molecular weight excluding hydrogens is 480 g/mol. The number of pyridine rings is 5. The highest BCUT2D eigenvalue weighted by Gasteiger charge is 2.17. The quantitative estimate of drug-likeness (QED) is 0.248. The van der Waals surface area contributed by atoms with Crippen molar-refractivity contribution in [3.8, 4) is 56.5 Å². The van der Waals surface area contributed by atoms with Gasteiger partial charge in [0.25, 0.3) is 0 Å². The van der Waals surface area contributed by atoms with Crippen LogP contribution in [0.3, 0.4) is 0 Å². The van der Waals surface area contributed by atoms with Crippen molar-refractivity contribution in [3.63, 3.8) is 0 Å². The molecule has 6 aromatic heterocycles. The highest BCUT2D eigenvalue weighted by Crippen LogP contribution is 2.34. The molecule has 0 saturated carbocycles. The zero-order valence-corrected chi connectivity index (χ0v) is 20.9. The Balaban J connectivity index is 1.35.